The number of aromatic nitrogens is 4. The highest BCUT2D eigenvalue weighted by atomic mass is 15.1. The summed E-state index contributed by atoms with van der Waals surface area (Å²) in [4.78, 5) is 16.0. The van der Waals surface area contributed by atoms with Gasteiger partial charge in [-0.05, 0) is 72.7 Å². The summed E-state index contributed by atoms with van der Waals surface area (Å²) in [5.41, 5.74) is 8.03. The van der Waals surface area contributed by atoms with E-state index in [1.165, 1.54) is 31.5 Å². The van der Waals surface area contributed by atoms with Gasteiger partial charge in [-0.3, -0.25) is 4.40 Å². The first-order chi connectivity index (χ1) is 18.2. The number of nitrogens with one attached hydrogen (secondary N) is 1. The van der Waals surface area contributed by atoms with Crippen LogP contribution < -0.4 is 5.32 Å². The first kappa shape index (κ1) is 24.5. The lowest BCUT2D eigenvalue weighted by Gasteiger charge is -2.14. The maximum atomic E-state index is 4.64. The van der Waals surface area contributed by atoms with E-state index in [0.29, 0.717) is 12.1 Å². The number of rotatable bonds is 8. The monoisotopic (exact) mass is 488 g/mol. The van der Waals surface area contributed by atoms with E-state index in [0.717, 1.165) is 46.7 Å². The van der Waals surface area contributed by atoms with Crippen LogP contribution >= 0.6 is 0 Å². The zero-order chi connectivity index (χ0) is 25.5. The number of allylic oxidation sites excluding steroid dienone is 2. The first-order valence-corrected chi connectivity index (χ1v) is 12.8. The quantitative estimate of drug-likeness (QED) is 0.286. The average Bonchev–Trinajstić information content (AvgIpc) is 3.61. The maximum absolute atomic E-state index is 4.64. The summed E-state index contributed by atoms with van der Waals surface area (Å²) in [5, 5.41) is 3.05. The fourth-order valence-electron chi connectivity index (χ4n) is 4.69. The van der Waals surface area contributed by atoms with Gasteiger partial charge in [-0.15, -0.1) is 0 Å². The Labute approximate surface area is 218 Å². The Morgan fingerprint density at radius 3 is 2.68 bits per heavy atom. The van der Waals surface area contributed by atoms with Crippen LogP contribution in [0.5, 0.6) is 0 Å². The zero-order valence-corrected chi connectivity index (χ0v) is 21.3. The van der Waals surface area contributed by atoms with Crippen LogP contribution in [0.25, 0.3) is 22.6 Å². The van der Waals surface area contributed by atoms with Crippen molar-refractivity contribution in [1.82, 2.24) is 29.6 Å². The van der Waals surface area contributed by atoms with Gasteiger partial charge in [-0.1, -0.05) is 42.8 Å². The fourth-order valence-corrected chi connectivity index (χ4v) is 4.69. The number of hydrogen-bond acceptors (Lipinski definition) is 5. The molecule has 1 saturated heterocycles. The Kier molecular flexibility index (Phi) is 7.73. The summed E-state index contributed by atoms with van der Waals surface area (Å²) in [7, 11) is 1.88. The van der Waals surface area contributed by atoms with Crippen LogP contribution in [0.15, 0.2) is 80.0 Å². The van der Waals surface area contributed by atoms with E-state index in [9.17, 15) is 0 Å². The average molecular weight is 489 g/mol. The molecule has 1 N–H and O–H groups in total. The van der Waals surface area contributed by atoms with Gasteiger partial charge in [0.1, 0.15) is 17.7 Å². The molecule has 6 heteroatoms. The second kappa shape index (κ2) is 11.7. The van der Waals surface area contributed by atoms with Crippen molar-refractivity contribution in [2.45, 2.75) is 25.7 Å². The molecule has 0 radical (unpaired) electrons. The van der Waals surface area contributed by atoms with E-state index in [1.807, 2.05) is 31.6 Å². The molecule has 1 fully saturated rings. The molecule has 0 amide bonds. The molecule has 0 aliphatic carbocycles. The van der Waals surface area contributed by atoms with Gasteiger partial charge in [-0.2, -0.15) is 0 Å². The highest BCUT2D eigenvalue weighted by Crippen LogP contribution is 2.20. The Bertz CT molecular complexity index is 1460. The number of nitrogens with zero attached hydrogens (tertiary/aromatic N) is 5. The van der Waals surface area contributed by atoms with Crippen molar-refractivity contribution in [3.05, 3.63) is 102 Å². The number of likely N-dealkylation sites (tertiary alicyclic amines) is 1. The number of fused-ring (bicyclic) bond motifs is 1. The van der Waals surface area contributed by atoms with E-state index < -0.39 is 0 Å². The third-order valence-corrected chi connectivity index (χ3v) is 6.74. The standard InChI is InChI=1S/C31H32N6/c1-3-26(21-32-2)27-11-9-24(10-12-27)7-6-8-28-20-29(35-23-34-28)30-22-33-31-19-25(14-18-37(30)31)13-17-36-15-4-5-16-36/h3,9-12,14,18-23,32H,1,4-5,7,13,15-17H2,2H3/b26-21+. The summed E-state index contributed by atoms with van der Waals surface area (Å²) < 4.78 is 2.08. The van der Waals surface area contributed by atoms with Crippen LogP contribution in [-0.4, -0.2) is 50.9 Å². The van der Waals surface area contributed by atoms with Gasteiger partial charge in [0.25, 0.3) is 0 Å². The number of hydrogen-bond donors (Lipinski definition) is 1. The SMILES string of the molecule is C=C/C(=C\NC)c1ccc(CC#Cc2cc(-c3cnc4cc(CCN5CCCC5)ccn34)ncn2)cc1. The normalized spacial score (nSPS) is 13.9. The van der Waals surface area contributed by atoms with Crippen molar-refractivity contribution < 1.29 is 0 Å². The third kappa shape index (κ3) is 5.96. The minimum absolute atomic E-state index is 0.647. The molecule has 4 heterocycles. The maximum Gasteiger partial charge on any atom is 0.137 e. The van der Waals surface area contributed by atoms with Gasteiger partial charge in [0, 0.05) is 38.5 Å². The van der Waals surface area contributed by atoms with Crippen molar-refractivity contribution in [3.63, 3.8) is 0 Å². The van der Waals surface area contributed by atoms with Crippen LogP contribution in [0.3, 0.4) is 0 Å². The van der Waals surface area contributed by atoms with E-state index >= 15 is 0 Å². The molecule has 4 aromatic rings. The molecule has 0 bridgehead atoms. The summed E-state index contributed by atoms with van der Waals surface area (Å²) in [6.07, 6.45) is 13.7. The molecular weight excluding hydrogens is 456 g/mol. The lowest BCUT2D eigenvalue weighted by atomic mass is 10.0. The van der Waals surface area contributed by atoms with E-state index in [2.05, 4.69) is 90.6 Å². The van der Waals surface area contributed by atoms with Gasteiger partial charge in [0.15, 0.2) is 0 Å². The highest BCUT2D eigenvalue weighted by molar-refractivity contribution is 5.73. The molecule has 1 aromatic carbocycles. The Hall–Kier alpha value is -4.21. The molecule has 1 aliphatic rings. The zero-order valence-electron chi connectivity index (χ0n) is 21.3. The van der Waals surface area contributed by atoms with E-state index in [-0.39, 0.29) is 0 Å². The molecule has 0 atom stereocenters. The van der Waals surface area contributed by atoms with Gasteiger partial charge in [-0.25, -0.2) is 15.0 Å². The number of benzene rings is 1. The number of pyridine rings is 1. The van der Waals surface area contributed by atoms with E-state index in [1.54, 1.807) is 6.33 Å². The molecular formula is C31H32N6. The van der Waals surface area contributed by atoms with Crippen molar-refractivity contribution >= 4 is 11.2 Å². The van der Waals surface area contributed by atoms with Crippen molar-refractivity contribution in [3.8, 4) is 23.2 Å². The lowest BCUT2D eigenvalue weighted by Crippen LogP contribution is -2.21. The largest absolute Gasteiger partial charge is 0.393 e. The second-order valence-electron chi connectivity index (χ2n) is 9.26. The van der Waals surface area contributed by atoms with E-state index in [4.69, 9.17) is 0 Å². The highest BCUT2D eigenvalue weighted by Gasteiger charge is 2.12. The molecule has 1 aliphatic heterocycles. The predicted molar refractivity (Wildman–Crippen MR) is 150 cm³/mol. The molecule has 0 spiro atoms. The van der Waals surface area contributed by atoms with Crippen LogP contribution in [0.2, 0.25) is 0 Å². The molecule has 37 heavy (non-hydrogen) atoms. The molecule has 5 rings (SSSR count). The molecule has 0 unspecified atom stereocenters. The van der Waals surface area contributed by atoms with Crippen molar-refractivity contribution in [2.24, 2.45) is 0 Å². The molecule has 3 aromatic heterocycles. The van der Waals surface area contributed by atoms with Gasteiger partial charge in [0.2, 0.25) is 0 Å². The lowest BCUT2D eigenvalue weighted by molar-refractivity contribution is 0.343. The van der Waals surface area contributed by atoms with Crippen LogP contribution in [0, 0.1) is 11.8 Å². The smallest absolute Gasteiger partial charge is 0.137 e. The predicted octanol–water partition coefficient (Wildman–Crippen LogP) is 4.77. The van der Waals surface area contributed by atoms with Crippen molar-refractivity contribution in [2.75, 3.05) is 26.7 Å². The molecule has 0 saturated carbocycles. The third-order valence-electron chi connectivity index (χ3n) is 6.74. The van der Waals surface area contributed by atoms with Crippen molar-refractivity contribution in [1.29, 1.82) is 0 Å². The van der Waals surface area contributed by atoms with Gasteiger partial charge >= 0.3 is 0 Å². The van der Waals surface area contributed by atoms with Crippen LogP contribution in [0.1, 0.15) is 35.2 Å². The Morgan fingerprint density at radius 2 is 1.89 bits per heavy atom. The summed E-state index contributed by atoms with van der Waals surface area (Å²) in [6, 6.07) is 14.7. The van der Waals surface area contributed by atoms with Gasteiger partial charge < -0.3 is 10.2 Å². The summed E-state index contributed by atoms with van der Waals surface area (Å²) >= 11 is 0. The minimum Gasteiger partial charge on any atom is -0.393 e. The second-order valence-corrected chi connectivity index (χ2v) is 9.26. The van der Waals surface area contributed by atoms with Crippen LogP contribution in [-0.2, 0) is 12.8 Å². The number of imidazole rings is 1. The molecule has 6 nitrogen and oxygen atoms in total. The topological polar surface area (TPSA) is 58.4 Å². The Balaban J connectivity index is 1.27. The van der Waals surface area contributed by atoms with Gasteiger partial charge in [0.05, 0.1) is 17.6 Å². The fraction of sp³-hybridized carbons (Fsp3) is 0.258. The molecule has 186 valence electrons. The van der Waals surface area contributed by atoms with Crippen LogP contribution in [0.4, 0.5) is 0 Å². The minimum atomic E-state index is 0.647. The first-order valence-electron chi connectivity index (χ1n) is 12.8. The summed E-state index contributed by atoms with van der Waals surface area (Å²) in [5.74, 6) is 6.44. The Morgan fingerprint density at radius 1 is 1.05 bits per heavy atom. The summed E-state index contributed by atoms with van der Waals surface area (Å²) in [6.45, 7) is 7.45.